The zero-order valence-electron chi connectivity index (χ0n) is 17.3. The lowest BCUT2D eigenvalue weighted by Crippen LogP contribution is -2.53. The first-order chi connectivity index (χ1) is 11.4. The summed E-state index contributed by atoms with van der Waals surface area (Å²) in [6, 6.07) is 0. The molecule has 0 radical (unpaired) electrons. The van der Waals surface area contributed by atoms with Gasteiger partial charge in [0.1, 0.15) is 0 Å². The number of ether oxygens (including phenoxy) is 3. The Morgan fingerprint density at radius 2 is 1.68 bits per heavy atom. The fourth-order valence-corrected chi connectivity index (χ4v) is 2.28. The van der Waals surface area contributed by atoms with Gasteiger partial charge in [0, 0.05) is 25.0 Å². The van der Waals surface area contributed by atoms with E-state index >= 15 is 0 Å². The van der Waals surface area contributed by atoms with Crippen LogP contribution in [0.25, 0.3) is 0 Å². The average Bonchev–Trinajstić information content (AvgIpc) is 2.52. The zero-order valence-corrected chi connectivity index (χ0v) is 17.3. The van der Waals surface area contributed by atoms with Gasteiger partial charge in [-0.3, -0.25) is 0 Å². The monoisotopic (exact) mass is 360 g/mol. The molecule has 2 unspecified atom stereocenters. The molecule has 0 aromatic carbocycles. The summed E-state index contributed by atoms with van der Waals surface area (Å²) in [5, 5.41) is 0. The minimum Gasteiger partial charge on any atom is -0.450 e. The highest BCUT2D eigenvalue weighted by molar-refractivity contribution is 5.64. The van der Waals surface area contributed by atoms with E-state index in [2.05, 4.69) is 41.5 Å². The van der Waals surface area contributed by atoms with Crippen molar-refractivity contribution < 1.29 is 19.0 Å². The van der Waals surface area contributed by atoms with Gasteiger partial charge in [-0.1, -0.05) is 34.6 Å². The van der Waals surface area contributed by atoms with Gasteiger partial charge in [-0.2, -0.15) is 0 Å². The Balaban J connectivity index is 4.78. The van der Waals surface area contributed by atoms with Gasteiger partial charge >= 0.3 is 6.09 Å². The van der Waals surface area contributed by atoms with E-state index < -0.39 is 11.7 Å². The van der Waals surface area contributed by atoms with Crippen LogP contribution >= 0.6 is 0 Å². The maximum Gasteiger partial charge on any atom is 0.404 e. The van der Waals surface area contributed by atoms with Crippen LogP contribution in [0, 0.1) is 11.3 Å². The van der Waals surface area contributed by atoms with E-state index in [1.54, 1.807) is 0 Å². The number of rotatable bonds is 13. The van der Waals surface area contributed by atoms with Crippen molar-refractivity contribution in [2.45, 2.75) is 78.9 Å². The molecule has 0 saturated carbocycles. The van der Waals surface area contributed by atoms with Gasteiger partial charge in [0.15, 0.2) is 0 Å². The summed E-state index contributed by atoms with van der Waals surface area (Å²) in [6.45, 7) is 16.6. The molecule has 0 aliphatic rings. The lowest BCUT2D eigenvalue weighted by molar-refractivity contribution is -0.160. The lowest BCUT2D eigenvalue weighted by Gasteiger charge is -2.45. The number of hydrogen-bond acceptors (Lipinski definition) is 5. The van der Waals surface area contributed by atoms with Crippen LogP contribution in [-0.2, 0) is 14.2 Å². The first-order valence-corrected chi connectivity index (χ1v) is 9.31. The SMILES string of the molecule is CCC(C)(CCOC(N)=O)OCC(C)(C)C(C)(CN)OCCC(C)C. The van der Waals surface area contributed by atoms with Crippen LogP contribution in [0.2, 0.25) is 0 Å². The maximum atomic E-state index is 10.7. The van der Waals surface area contributed by atoms with Crippen molar-refractivity contribution in [2.24, 2.45) is 22.8 Å². The summed E-state index contributed by atoms with van der Waals surface area (Å²) < 4.78 is 17.3. The summed E-state index contributed by atoms with van der Waals surface area (Å²) in [5.74, 6) is 0.593. The summed E-state index contributed by atoms with van der Waals surface area (Å²) in [5.41, 5.74) is 9.94. The van der Waals surface area contributed by atoms with Gasteiger partial charge in [0.2, 0.25) is 0 Å². The molecule has 0 saturated heterocycles. The van der Waals surface area contributed by atoms with E-state index in [1.165, 1.54) is 0 Å². The minimum atomic E-state index is -0.756. The third-order valence-electron chi connectivity index (χ3n) is 5.34. The number of nitrogens with two attached hydrogens (primary N) is 2. The number of primary amides is 1. The largest absolute Gasteiger partial charge is 0.450 e. The van der Waals surface area contributed by atoms with Gasteiger partial charge in [-0.05, 0) is 32.6 Å². The first-order valence-electron chi connectivity index (χ1n) is 9.31. The van der Waals surface area contributed by atoms with Gasteiger partial charge < -0.3 is 25.7 Å². The van der Waals surface area contributed by atoms with E-state index in [0.29, 0.717) is 32.1 Å². The number of carbonyl (C=O) groups is 1. The highest BCUT2D eigenvalue weighted by atomic mass is 16.5. The van der Waals surface area contributed by atoms with Crippen LogP contribution in [-0.4, -0.2) is 43.7 Å². The molecule has 2 atom stereocenters. The Morgan fingerprint density at radius 1 is 1.08 bits per heavy atom. The number of carbonyl (C=O) groups excluding carboxylic acids is 1. The van der Waals surface area contributed by atoms with Crippen LogP contribution in [0.3, 0.4) is 0 Å². The van der Waals surface area contributed by atoms with Crippen molar-refractivity contribution in [2.75, 3.05) is 26.4 Å². The molecule has 150 valence electrons. The Labute approximate surface area is 153 Å². The van der Waals surface area contributed by atoms with Gasteiger partial charge in [0.05, 0.1) is 24.4 Å². The predicted molar refractivity (Wildman–Crippen MR) is 101 cm³/mol. The molecule has 6 nitrogen and oxygen atoms in total. The van der Waals surface area contributed by atoms with E-state index in [1.807, 2.05) is 6.92 Å². The van der Waals surface area contributed by atoms with Crippen molar-refractivity contribution in [3.05, 3.63) is 0 Å². The number of hydrogen-bond donors (Lipinski definition) is 2. The molecule has 1 amide bonds. The third-order valence-corrected chi connectivity index (χ3v) is 5.34. The van der Waals surface area contributed by atoms with Crippen molar-refractivity contribution >= 4 is 6.09 Å². The quantitative estimate of drug-likeness (QED) is 0.524. The van der Waals surface area contributed by atoms with Crippen LogP contribution < -0.4 is 11.5 Å². The second-order valence-corrected chi connectivity index (χ2v) is 8.36. The fraction of sp³-hybridized carbons (Fsp3) is 0.947. The molecule has 0 aromatic rings. The Bertz CT molecular complexity index is 401. The second kappa shape index (κ2) is 10.3. The van der Waals surface area contributed by atoms with Crippen LogP contribution in [0.4, 0.5) is 4.79 Å². The van der Waals surface area contributed by atoms with E-state index in [0.717, 1.165) is 12.8 Å². The molecule has 0 rings (SSSR count). The zero-order chi connectivity index (χ0) is 19.7. The summed E-state index contributed by atoms with van der Waals surface area (Å²) in [4.78, 5) is 10.7. The Hall–Kier alpha value is -0.850. The summed E-state index contributed by atoms with van der Waals surface area (Å²) in [7, 11) is 0. The van der Waals surface area contributed by atoms with E-state index in [4.69, 9.17) is 25.7 Å². The Kier molecular flexibility index (Phi) is 9.98. The molecule has 6 heteroatoms. The molecule has 0 aromatic heterocycles. The van der Waals surface area contributed by atoms with Crippen LogP contribution in [0.5, 0.6) is 0 Å². The van der Waals surface area contributed by atoms with Crippen molar-refractivity contribution in [1.29, 1.82) is 0 Å². The molecule has 0 spiro atoms. The molecular weight excluding hydrogens is 320 g/mol. The van der Waals surface area contributed by atoms with Gasteiger partial charge in [-0.25, -0.2) is 4.79 Å². The highest BCUT2D eigenvalue weighted by Gasteiger charge is 2.42. The third kappa shape index (κ3) is 8.38. The minimum absolute atomic E-state index is 0.249. The summed E-state index contributed by atoms with van der Waals surface area (Å²) in [6.07, 6.45) is 1.64. The molecular formula is C19H40N2O4. The maximum absolute atomic E-state index is 10.7. The normalized spacial score (nSPS) is 17.2. The lowest BCUT2D eigenvalue weighted by atomic mass is 9.76. The topological polar surface area (TPSA) is 96.8 Å². The number of amides is 1. The molecule has 0 aliphatic heterocycles. The Morgan fingerprint density at radius 3 is 2.12 bits per heavy atom. The van der Waals surface area contributed by atoms with Gasteiger partial charge in [-0.15, -0.1) is 0 Å². The summed E-state index contributed by atoms with van der Waals surface area (Å²) >= 11 is 0. The van der Waals surface area contributed by atoms with Crippen LogP contribution in [0.15, 0.2) is 0 Å². The smallest absolute Gasteiger partial charge is 0.404 e. The highest BCUT2D eigenvalue weighted by Crippen LogP contribution is 2.36. The van der Waals surface area contributed by atoms with Gasteiger partial charge in [0.25, 0.3) is 0 Å². The molecule has 0 fully saturated rings. The second-order valence-electron chi connectivity index (χ2n) is 8.36. The van der Waals surface area contributed by atoms with Crippen molar-refractivity contribution in [1.82, 2.24) is 0 Å². The molecule has 0 bridgehead atoms. The van der Waals surface area contributed by atoms with E-state index in [-0.39, 0.29) is 17.6 Å². The standard InChI is InChI=1S/C19H40N2O4/c1-8-18(6,10-12-23-16(21)22)25-14-17(4,5)19(7,13-20)24-11-9-15(2)3/h15H,8-14,20H2,1-7H3,(H2,21,22). The molecule has 0 aliphatic carbocycles. The molecule has 25 heavy (non-hydrogen) atoms. The van der Waals surface area contributed by atoms with E-state index in [9.17, 15) is 4.79 Å². The predicted octanol–water partition coefficient (Wildman–Crippen LogP) is 3.46. The first kappa shape index (κ1) is 24.1. The van der Waals surface area contributed by atoms with Crippen molar-refractivity contribution in [3.63, 3.8) is 0 Å². The molecule has 0 heterocycles. The van der Waals surface area contributed by atoms with Crippen molar-refractivity contribution in [3.8, 4) is 0 Å². The molecule has 4 N–H and O–H groups in total. The van der Waals surface area contributed by atoms with Crippen LogP contribution in [0.1, 0.15) is 67.7 Å². The fourth-order valence-electron chi connectivity index (χ4n) is 2.28. The average molecular weight is 361 g/mol.